The number of carbonyl (C=O) groups is 1. The molecule has 4 heteroatoms. The Kier molecular flexibility index (Phi) is 5.69. The van der Waals surface area contributed by atoms with Crippen molar-refractivity contribution in [1.82, 2.24) is 10.2 Å². The molecule has 0 aromatic heterocycles. The van der Waals surface area contributed by atoms with E-state index in [1.807, 2.05) is 4.90 Å². The number of likely N-dealkylation sites (tertiary alicyclic amines) is 1. The highest BCUT2D eigenvalue weighted by Gasteiger charge is 2.26. The quantitative estimate of drug-likeness (QED) is 0.841. The number of hydrogen-bond donors (Lipinski definition) is 1. The van der Waals surface area contributed by atoms with Crippen LogP contribution in [0.1, 0.15) is 48.4 Å². The summed E-state index contributed by atoms with van der Waals surface area (Å²) in [6.45, 7) is 3.27. The van der Waals surface area contributed by atoms with Crippen LogP contribution in [0.3, 0.4) is 0 Å². The van der Waals surface area contributed by atoms with E-state index in [-0.39, 0.29) is 17.9 Å². The third-order valence-electron chi connectivity index (χ3n) is 4.80. The molecule has 1 aliphatic heterocycles. The van der Waals surface area contributed by atoms with Gasteiger partial charge in [0.05, 0.1) is 6.04 Å². The van der Waals surface area contributed by atoms with Crippen LogP contribution in [-0.4, -0.2) is 17.5 Å². The minimum Gasteiger partial charge on any atom is -0.334 e. The van der Waals surface area contributed by atoms with Crippen molar-refractivity contribution in [1.29, 1.82) is 0 Å². The summed E-state index contributed by atoms with van der Waals surface area (Å²) in [4.78, 5) is 14.8. The van der Waals surface area contributed by atoms with Crippen LogP contribution in [0.2, 0.25) is 0 Å². The third-order valence-corrected chi connectivity index (χ3v) is 4.80. The van der Waals surface area contributed by atoms with E-state index in [1.54, 1.807) is 12.1 Å². The van der Waals surface area contributed by atoms with Gasteiger partial charge in [0, 0.05) is 13.1 Å². The Labute approximate surface area is 148 Å². The molecule has 0 radical (unpaired) electrons. The number of nitrogens with zero attached hydrogens (tertiary/aromatic N) is 1. The van der Waals surface area contributed by atoms with Gasteiger partial charge in [0.1, 0.15) is 5.82 Å². The first-order valence-corrected chi connectivity index (χ1v) is 8.99. The number of rotatable bonds is 3. The van der Waals surface area contributed by atoms with Crippen LogP contribution < -0.4 is 5.32 Å². The molecule has 2 amide bonds. The molecule has 2 aromatic rings. The van der Waals surface area contributed by atoms with Crippen molar-refractivity contribution in [3.8, 4) is 0 Å². The van der Waals surface area contributed by atoms with Gasteiger partial charge in [-0.3, -0.25) is 0 Å². The maximum absolute atomic E-state index is 13.0. The zero-order valence-electron chi connectivity index (χ0n) is 14.7. The molecule has 0 bridgehead atoms. The highest BCUT2D eigenvalue weighted by atomic mass is 19.1. The molecule has 0 saturated carbocycles. The average molecular weight is 340 g/mol. The number of urea groups is 1. The lowest BCUT2D eigenvalue weighted by Gasteiger charge is -2.31. The van der Waals surface area contributed by atoms with Crippen LogP contribution in [0.15, 0.2) is 48.5 Å². The summed E-state index contributed by atoms with van der Waals surface area (Å²) in [6.07, 6.45) is 4.32. The van der Waals surface area contributed by atoms with Crippen molar-refractivity contribution in [3.05, 3.63) is 71.0 Å². The van der Waals surface area contributed by atoms with Crippen LogP contribution in [0.25, 0.3) is 0 Å². The predicted molar refractivity (Wildman–Crippen MR) is 97.7 cm³/mol. The number of amides is 2. The molecule has 1 heterocycles. The topological polar surface area (TPSA) is 32.3 Å². The van der Waals surface area contributed by atoms with Crippen molar-refractivity contribution in [2.75, 3.05) is 6.54 Å². The van der Waals surface area contributed by atoms with Gasteiger partial charge in [0.15, 0.2) is 0 Å². The van der Waals surface area contributed by atoms with E-state index >= 15 is 0 Å². The number of aryl methyl sites for hydroxylation is 1. The molecule has 0 unspecified atom stereocenters. The van der Waals surface area contributed by atoms with Gasteiger partial charge in [-0.05, 0) is 43.0 Å². The molecule has 3 rings (SSSR count). The van der Waals surface area contributed by atoms with E-state index in [4.69, 9.17) is 0 Å². The lowest BCUT2D eigenvalue weighted by Crippen LogP contribution is -2.41. The highest BCUT2D eigenvalue weighted by Crippen LogP contribution is 2.30. The highest BCUT2D eigenvalue weighted by molar-refractivity contribution is 5.74. The SMILES string of the molecule is Cc1cccc([C@H]2CCCCCN2C(=O)NCc2ccc(F)cc2)c1. The van der Waals surface area contributed by atoms with E-state index in [1.165, 1.54) is 23.3 Å². The van der Waals surface area contributed by atoms with E-state index in [0.29, 0.717) is 6.54 Å². The number of carbonyl (C=O) groups excluding carboxylic acids is 1. The molecule has 1 fully saturated rings. The van der Waals surface area contributed by atoms with Crippen molar-refractivity contribution >= 4 is 6.03 Å². The second-order valence-electron chi connectivity index (χ2n) is 6.76. The monoisotopic (exact) mass is 340 g/mol. The first kappa shape index (κ1) is 17.5. The molecule has 25 heavy (non-hydrogen) atoms. The molecule has 132 valence electrons. The van der Waals surface area contributed by atoms with Gasteiger partial charge < -0.3 is 10.2 Å². The maximum Gasteiger partial charge on any atom is 0.318 e. The van der Waals surface area contributed by atoms with Crippen molar-refractivity contribution < 1.29 is 9.18 Å². The predicted octanol–water partition coefficient (Wildman–Crippen LogP) is 4.96. The largest absolute Gasteiger partial charge is 0.334 e. The lowest BCUT2D eigenvalue weighted by atomic mass is 9.99. The molecule has 2 aromatic carbocycles. The summed E-state index contributed by atoms with van der Waals surface area (Å²) < 4.78 is 13.0. The Balaban J connectivity index is 1.71. The van der Waals surface area contributed by atoms with Crippen molar-refractivity contribution in [3.63, 3.8) is 0 Å². The standard InChI is InChI=1S/C21H25FN2O/c1-16-6-5-7-18(14-16)20-8-3-2-4-13-24(20)21(25)23-15-17-9-11-19(22)12-10-17/h5-7,9-12,14,20H,2-4,8,13,15H2,1H3,(H,23,25)/t20-/m1/s1. The molecular formula is C21H25FN2O. The minimum absolute atomic E-state index is 0.0438. The molecule has 1 aliphatic rings. The van der Waals surface area contributed by atoms with Gasteiger partial charge in [-0.2, -0.15) is 0 Å². The van der Waals surface area contributed by atoms with Crippen LogP contribution in [0, 0.1) is 12.7 Å². The second kappa shape index (κ2) is 8.15. The Hall–Kier alpha value is -2.36. The van der Waals surface area contributed by atoms with E-state index in [0.717, 1.165) is 37.8 Å². The number of hydrogen-bond acceptors (Lipinski definition) is 1. The molecular weight excluding hydrogens is 315 g/mol. The van der Waals surface area contributed by atoms with Gasteiger partial charge in [-0.15, -0.1) is 0 Å². The summed E-state index contributed by atoms with van der Waals surface area (Å²) in [5, 5.41) is 2.99. The summed E-state index contributed by atoms with van der Waals surface area (Å²) in [7, 11) is 0. The fourth-order valence-electron chi connectivity index (χ4n) is 3.46. The van der Waals surface area contributed by atoms with Crippen LogP contribution >= 0.6 is 0 Å². The Morgan fingerprint density at radius 1 is 1.16 bits per heavy atom. The van der Waals surface area contributed by atoms with E-state index in [2.05, 4.69) is 36.5 Å². The fraction of sp³-hybridized carbons (Fsp3) is 0.381. The zero-order valence-corrected chi connectivity index (χ0v) is 14.7. The summed E-state index contributed by atoms with van der Waals surface area (Å²) in [6, 6.07) is 14.8. The number of halogens is 1. The van der Waals surface area contributed by atoms with Crippen LogP contribution in [-0.2, 0) is 6.54 Å². The molecule has 0 spiro atoms. The first-order valence-electron chi connectivity index (χ1n) is 8.99. The Morgan fingerprint density at radius 2 is 1.96 bits per heavy atom. The minimum atomic E-state index is -0.262. The summed E-state index contributed by atoms with van der Waals surface area (Å²) in [5.41, 5.74) is 3.32. The first-order chi connectivity index (χ1) is 12.1. The fourth-order valence-corrected chi connectivity index (χ4v) is 3.46. The second-order valence-corrected chi connectivity index (χ2v) is 6.76. The average Bonchev–Trinajstić information content (AvgIpc) is 2.87. The lowest BCUT2D eigenvalue weighted by molar-refractivity contribution is 0.175. The molecule has 3 nitrogen and oxygen atoms in total. The zero-order chi connectivity index (χ0) is 17.6. The van der Waals surface area contributed by atoms with Gasteiger partial charge >= 0.3 is 6.03 Å². The van der Waals surface area contributed by atoms with Gasteiger partial charge in [-0.25, -0.2) is 9.18 Å². The van der Waals surface area contributed by atoms with Gasteiger partial charge in [0.25, 0.3) is 0 Å². The third kappa shape index (κ3) is 4.59. The van der Waals surface area contributed by atoms with Crippen LogP contribution in [0.4, 0.5) is 9.18 Å². The number of benzene rings is 2. The number of nitrogens with one attached hydrogen (secondary N) is 1. The maximum atomic E-state index is 13.0. The smallest absolute Gasteiger partial charge is 0.318 e. The van der Waals surface area contributed by atoms with Crippen molar-refractivity contribution in [2.45, 2.75) is 45.2 Å². The molecule has 1 saturated heterocycles. The van der Waals surface area contributed by atoms with E-state index < -0.39 is 0 Å². The van der Waals surface area contributed by atoms with Gasteiger partial charge in [0.2, 0.25) is 0 Å². The van der Waals surface area contributed by atoms with E-state index in [9.17, 15) is 9.18 Å². The Morgan fingerprint density at radius 3 is 2.72 bits per heavy atom. The van der Waals surface area contributed by atoms with Gasteiger partial charge in [-0.1, -0.05) is 54.8 Å². The molecule has 0 aliphatic carbocycles. The summed E-state index contributed by atoms with van der Waals surface area (Å²) in [5.74, 6) is -0.262. The Bertz CT molecular complexity index is 714. The molecule has 1 atom stereocenters. The van der Waals surface area contributed by atoms with Crippen LogP contribution in [0.5, 0.6) is 0 Å². The summed E-state index contributed by atoms with van der Waals surface area (Å²) >= 11 is 0. The van der Waals surface area contributed by atoms with Crippen molar-refractivity contribution in [2.24, 2.45) is 0 Å². The normalized spacial score (nSPS) is 17.8. The molecule has 1 N–H and O–H groups in total.